The minimum atomic E-state index is 0.852. The summed E-state index contributed by atoms with van der Waals surface area (Å²) in [5, 5.41) is 9.48. The van der Waals surface area contributed by atoms with E-state index in [9.17, 15) is 0 Å². The van der Waals surface area contributed by atoms with E-state index in [2.05, 4.69) is 169 Å². The zero-order valence-electron chi connectivity index (χ0n) is 30.3. The molecule has 57 heavy (non-hydrogen) atoms. The van der Waals surface area contributed by atoms with Crippen LogP contribution in [0.1, 0.15) is 0 Å². The summed E-state index contributed by atoms with van der Waals surface area (Å²) in [6.45, 7) is 0. The standard InChI is InChI=1S/C52H29NO2S2/c1-6-19-41-30(11-1)26-43(54-41)38-28-47-51(48-32(15-10-22-45(48)57-47)29-23-24-34-33-13-3-5-18-39(33)53-40(34)25-29)50(49(38)46-27-31-12-2-8-21-44(31)56-46)37-17-9-16-36-35-14-4-7-20-42(35)55-52(36)37/h1-28,53H. The minimum Gasteiger partial charge on any atom is -0.456 e. The largest absolute Gasteiger partial charge is 0.456 e. The predicted octanol–water partition coefficient (Wildman–Crippen LogP) is 16.2. The van der Waals surface area contributed by atoms with Crippen molar-refractivity contribution >= 4 is 108 Å². The fourth-order valence-corrected chi connectivity index (χ4v) is 11.4. The van der Waals surface area contributed by atoms with Gasteiger partial charge >= 0.3 is 0 Å². The van der Waals surface area contributed by atoms with Crippen LogP contribution < -0.4 is 0 Å². The number of thiophene rings is 2. The van der Waals surface area contributed by atoms with Crippen LogP contribution in [0.15, 0.2) is 179 Å². The second kappa shape index (κ2) is 11.8. The molecule has 0 atom stereocenters. The summed E-state index contributed by atoms with van der Waals surface area (Å²) in [7, 11) is 0. The van der Waals surface area contributed by atoms with E-state index in [0.717, 1.165) is 72.0 Å². The molecule has 0 spiro atoms. The van der Waals surface area contributed by atoms with Gasteiger partial charge in [0.2, 0.25) is 0 Å². The van der Waals surface area contributed by atoms with Gasteiger partial charge in [0.15, 0.2) is 0 Å². The number of benzene rings is 8. The molecule has 5 heterocycles. The maximum Gasteiger partial charge on any atom is 0.143 e. The number of hydrogen-bond acceptors (Lipinski definition) is 4. The van der Waals surface area contributed by atoms with E-state index in [1.807, 2.05) is 28.7 Å². The van der Waals surface area contributed by atoms with Gasteiger partial charge in [0.1, 0.15) is 22.5 Å². The van der Waals surface area contributed by atoms with Gasteiger partial charge in [-0.2, -0.15) is 0 Å². The van der Waals surface area contributed by atoms with E-state index >= 15 is 0 Å². The van der Waals surface area contributed by atoms with Gasteiger partial charge in [-0.3, -0.25) is 0 Å². The Morgan fingerprint density at radius 2 is 1.14 bits per heavy atom. The lowest BCUT2D eigenvalue weighted by molar-refractivity contribution is 0.632. The molecular formula is C52H29NO2S2. The van der Waals surface area contributed by atoms with Crippen LogP contribution in [0.4, 0.5) is 0 Å². The Hall–Kier alpha value is -6.92. The molecule has 13 aromatic rings. The van der Waals surface area contributed by atoms with Gasteiger partial charge in [-0.1, -0.05) is 115 Å². The van der Waals surface area contributed by atoms with E-state index in [4.69, 9.17) is 8.83 Å². The molecule has 5 heteroatoms. The van der Waals surface area contributed by atoms with E-state index < -0.39 is 0 Å². The van der Waals surface area contributed by atoms with E-state index in [1.54, 1.807) is 0 Å². The van der Waals surface area contributed by atoms with E-state index in [-0.39, 0.29) is 0 Å². The Kier molecular flexibility index (Phi) is 6.48. The Labute approximate surface area is 333 Å². The molecule has 0 fully saturated rings. The van der Waals surface area contributed by atoms with Crippen LogP contribution >= 0.6 is 22.7 Å². The van der Waals surface area contributed by atoms with Crippen LogP contribution in [-0.2, 0) is 0 Å². The highest BCUT2D eigenvalue weighted by molar-refractivity contribution is 7.26. The zero-order chi connectivity index (χ0) is 37.2. The van der Waals surface area contributed by atoms with Crippen LogP contribution in [0.3, 0.4) is 0 Å². The van der Waals surface area contributed by atoms with Crippen molar-refractivity contribution in [2.45, 2.75) is 0 Å². The summed E-state index contributed by atoms with van der Waals surface area (Å²) in [6.07, 6.45) is 0. The number of hydrogen-bond donors (Lipinski definition) is 1. The van der Waals surface area contributed by atoms with Crippen LogP contribution in [-0.4, -0.2) is 4.98 Å². The Bertz CT molecular complexity index is 3710. The SMILES string of the molecule is c1ccc2oc(-c3cc4sc5cccc(-c6ccc7c(c6)[nH]c6ccccc67)c5c4c(-c4cccc5c4oc4ccccc45)c3-c3cc4ccccc4s3)cc2c1. The quantitative estimate of drug-likeness (QED) is 0.194. The average molecular weight is 764 g/mol. The smallest absolute Gasteiger partial charge is 0.143 e. The molecule has 1 N–H and O–H groups in total. The van der Waals surface area contributed by atoms with Crippen LogP contribution in [0.5, 0.6) is 0 Å². The number of nitrogens with one attached hydrogen (secondary N) is 1. The summed E-state index contributed by atoms with van der Waals surface area (Å²) < 4.78 is 17.4. The molecule has 8 aromatic carbocycles. The number of H-pyrrole nitrogens is 1. The summed E-state index contributed by atoms with van der Waals surface area (Å²) in [6, 6.07) is 61.2. The molecule has 0 bridgehead atoms. The first-order valence-corrected chi connectivity index (χ1v) is 20.8. The van der Waals surface area contributed by atoms with Crippen molar-refractivity contribution < 1.29 is 8.83 Å². The first-order chi connectivity index (χ1) is 28.2. The van der Waals surface area contributed by atoms with Gasteiger partial charge in [-0.05, 0) is 71.1 Å². The first-order valence-electron chi connectivity index (χ1n) is 19.2. The van der Waals surface area contributed by atoms with E-state index in [0.29, 0.717) is 0 Å². The normalized spacial score (nSPS) is 12.2. The van der Waals surface area contributed by atoms with Crippen molar-refractivity contribution in [2.24, 2.45) is 0 Å². The molecule has 5 aromatic heterocycles. The lowest BCUT2D eigenvalue weighted by Gasteiger charge is -2.17. The minimum absolute atomic E-state index is 0.852. The number of aromatic amines is 1. The van der Waals surface area contributed by atoms with Crippen molar-refractivity contribution in [3.8, 4) is 44.0 Å². The van der Waals surface area contributed by atoms with Crippen LogP contribution in [0.25, 0.3) is 129 Å². The van der Waals surface area contributed by atoms with Gasteiger partial charge in [-0.25, -0.2) is 0 Å². The molecule has 0 unspecified atom stereocenters. The summed E-state index contributed by atoms with van der Waals surface area (Å²) in [5.41, 5.74) is 11.8. The maximum atomic E-state index is 6.89. The lowest BCUT2D eigenvalue weighted by Crippen LogP contribution is -1.91. The van der Waals surface area contributed by atoms with Gasteiger partial charge < -0.3 is 13.8 Å². The van der Waals surface area contributed by atoms with Crippen molar-refractivity contribution in [1.29, 1.82) is 0 Å². The number of aromatic nitrogens is 1. The highest BCUT2D eigenvalue weighted by Gasteiger charge is 2.27. The summed E-state index contributed by atoms with van der Waals surface area (Å²) in [4.78, 5) is 4.89. The van der Waals surface area contributed by atoms with Crippen LogP contribution in [0, 0.1) is 0 Å². The Morgan fingerprint density at radius 3 is 2.05 bits per heavy atom. The molecule has 266 valence electrons. The number of rotatable bonds is 4. The summed E-state index contributed by atoms with van der Waals surface area (Å²) in [5.74, 6) is 0.852. The number of furan rings is 2. The third-order valence-corrected chi connectivity index (χ3v) is 13.9. The third kappa shape index (κ3) is 4.58. The first kappa shape index (κ1) is 31.3. The van der Waals surface area contributed by atoms with E-state index in [1.165, 1.54) is 57.0 Å². The molecule has 0 aliphatic carbocycles. The van der Waals surface area contributed by atoms with Crippen molar-refractivity contribution in [3.05, 3.63) is 170 Å². The molecule has 0 saturated carbocycles. The molecular weight excluding hydrogens is 735 g/mol. The van der Waals surface area contributed by atoms with Crippen LogP contribution in [0.2, 0.25) is 0 Å². The van der Waals surface area contributed by atoms with Crippen molar-refractivity contribution in [3.63, 3.8) is 0 Å². The number of para-hydroxylation sites is 4. The molecule has 0 saturated heterocycles. The second-order valence-electron chi connectivity index (χ2n) is 14.8. The van der Waals surface area contributed by atoms with Crippen molar-refractivity contribution in [2.75, 3.05) is 0 Å². The number of fused-ring (bicyclic) bond motifs is 11. The monoisotopic (exact) mass is 763 g/mol. The molecule has 0 aliphatic heterocycles. The Morgan fingerprint density at radius 1 is 0.404 bits per heavy atom. The highest BCUT2D eigenvalue weighted by Crippen LogP contribution is 2.55. The summed E-state index contributed by atoms with van der Waals surface area (Å²) >= 11 is 3.68. The third-order valence-electron chi connectivity index (χ3n) is 11.6. The lowest BCUT2D eigenvalue weighted by atomic mass is 9.87. The fraction of sp³-hybridized carbons (Fsp3) is 0. The topological polar surface area (TPSA) is 42.1 Å². The zero-order valence-corrected chi connectivity index (χ0v) is 31.9. The molecule has 0 aliphatic rings. The molecule has 13 rings (SSSR count). The highest BCUT2D eigenvalue weighted by atomic mass is 32.1. The molecule has 3 nitrogen and oxygen atoms in total. The van der Waals surface area contributed by atoms with Gasteiger partial charge in [-0.15, -0.1) is 22.7 Å². The predicted molar refractivity (Wildman–Crippen MR) is 243 cm³/mol. The Balaban J connectivity index is 1.22. The fourth-order valence-electron chi connectivity index (χ4n) is 9.13. The van der Waals surface area contributed by atoms with Gasteiger partial charge in [0.05, 0.1) is 0 Å². The second-order valence-corrected chi connectivity index (χ2v) is 17.0. The molecule has 0 radical (unpaired) electrons. The van der Waals surface area contributed by atoms with Gasteiger partial charge in [0, 0.05) is 90.0 Å². The maximum absolute atomic E-state index is 6.89. The average Bonchev–Trinajstić information content (AvgIpc) is 4.09. The molecule has 0 amide bonds. The van der Waals surface area contributed by atoms with Crippen molar-refractivity contribution in [1.82, 2.24) is 4.98 Å². The van der Waals surface area contributed by atoms with Gasteiger partial charge in [0.25, 0.3) is 0 Å².